The fourth-order valence-corrected chi connectivity index (χ4v) is 4.81. The van der Waals surface area contributed by atoms with Crippen LogP contribution >= 0.6 is 0 Å². The summed E-state index contributed by atoms with van der Waals surface area (Å²) in [5.74, 6) is -0.182. The number of nitrogens with zero attached hydrogens (tertiary/aromatic N) is 3. The number of carbonyl (C=O) groups excluding carboxylic acids is 2. The molecular formula is C23H27N5O3. The Morgan fingerprint density at radius 1 is 1.29 bits per heavy atom. The summed E-state index contributed by atoms with van der Waals surface area (Å²) in [6.07, 6.45) is 3.60. The van der Waals surface area contributed by atoms with Crippen molar-refractivity contribution in [3.63, 3.8) is 0 Å². The number of methoxy groups -OCH3 is 1. The normalized spacial score (nSPS) is 17.3. The highest BCUT2D eigenvalue weighted by molar-refractivity contribution is 5.99. The Morgan fingerprint density at radius 3 is 2.81 bits per heavy atom. The van der Waals surface area contributed by atoms with Crippen molar-refractivity contribution in [1.29, 1.82) is 0 Å². The zero-order valence-corrected chi connectivity index (χ0v) is 17.9. The molecule has 0 radical (unpaired) electrons. The van der Waals surface area contributed by atoms with E-state index in [-0.39, 0.29) is 17.4 Å². The molecule has 0 unspecified atom stereocenters. The quantitative estimate of drug-likeness (QED) is 0.662. The van der Waals surface area contributed by atoms with Crippen LogP contribution in [0, 0.1) is 0 Å². The van der Waals surface area contributed by atoms with Gasteiger partial charge in [0.15, 0.2) is 5.69 Å². The first kappa shape index (κ1) is 19.8. The van der Waals surface area contributed by atoms with Gasteiger partial charge in [0.25, 0.3) is 11.8 Å². The molecule has 1 saturated carbocycles. The van der Waals surface area contributed by atoms with Crippen molar-refractivity contribution < 1.29 is 14.3 Å². The maximum atomic E-state index is 13.3. The molecule has 1 fully saturated rings. The molecule has 8 heteroatoms. The number of carbonyl (C=O) groups is 2. The summed E-state index contributed by atoms with van der Waals surface area (Å²) < 4.78 is 5.39. The molecular weight excluding hydrogens is 394 g/mol. The van der Waals surface area contributed by atoms with Gasteiger partial charge in [-0.05, 0) is 31.4 Å². The minimum Gasteiger partial charge on any atom is -0.382 e. The van der Waals surface area contributed by atoms with E-state index in [1.165, 1.54) is 0 Å². The number of amides is 2. The molecule has 0 saturated heterocycles. The van der Waals surface area contributed by atoms with Gasteiger partial charge in [0.05, 0.1) is 18.7 Å². The summed E-state index contributed by atoms with van der Waals surface area (Å²) in [4.78, 5) is 33.3. The Morgan fingerprint density at radius 2 is 2.10 bits per heavy atom. The summed E-state index contributed by atoms with van der Waals surface area (Å²) >= 11 is 0. The molecule has 5 rings (SSSR count). The molecule has 162 valence electrons. The van der Waals surface area contributed by atoms with E-state index in [0.29, 0.717) is 37.5 Å². The van der Waals surface area contributed by atoms with Gasteiger partial charge >= 0.3 is 0 Å². The first-order chi connectivity index (χ1) is 15.0. The van der Waals surface area contributed by atoms with E-state index in [4.69, 9.17) is 4.74 Å². The zero-order chi connectivity index (χ0) is 21.6. The van der Waals surface area contributed by atoms with Crippen LogP contribution in [0.3, 0.4) is 0 Å². The SMILES string of the molecule is COCC1(N(C)C(=O)c2n[nH]c3c2CN(C(=O)c2cc4ccccc4[nH]2)CC3)CCC1. The highest BCUT2D eigenvalue weighted by Crippen LogP contribution is 2.38. The molecule has 1 aromatic carbocycles. The molecule has 0 spiro atoms. The van der Waals surface area contributed by atoms with Crippen molar-refractivity contribution in [3.8, 4) is 0 Å². The Kier molecular flexibility index (Phi) is 4.81. The molecule has 3 aromatic rings. The van der Waals surface area contributed by atoms with Crippen molar-refractivity contribution in [1.82, 2.24) is 25.0 Å². The minimum atomic E-state index is -0.258. The minimum absolute atomic E-state index is 0.0651. The van der Waals surface area contributed by atoms with Crippen molar-refractivity contribution in [2.75, 3.05) is 27.3 Å². The second-order valence-corrected chi connectivity index (χ2v) is 8.65. The Labute approximate surface area is 180 Å². The van der Waals surface area contributed by atoms with Crippen LogP contribution in [0.25, 0.3) is 10.9 Å². The van der Waals surface area contributed by atoms with Gasteiger partial charge in [0.2, 0.25) is 0 Å². The molecule has 2 N–H and O–H groups in total. The van der Waals surface area contributed by atoms with Crippen molar-refractivity contribution >= 4 is 22.7 Å². The van der Waals surface area contributed by atoms with Gasteiger partial charge in [0.1, 0.15) is 5.69 Å². The van der Waals surface area contributed by atoms with E-state index in [1.54, 1.807) is 16.9 Å². The van der Waals surface area contributed by atoms with Crippen LogP contribution in [0.15, 0.2) is 30.3 Å². The van der Waals surface area contributed by atoms with Crippen molar-refractivity contribution in [2.45, 2.75) is 37.8 Å². The van der Waals surface area contributed by atoms with E-state index >= 15 is 0 Å². The largest absolute Gasteiger partial charge is 0.382 e. The number of hydrogen-bond donors (Lipinski definition) is 2. The molecule has 1 aliphatic carbocycles. The van der Waals surface area contributed by atoms with Gasteiger partial charge in [-0.15, -0.1) is 0 Å². The Hall–Kier alpha value is -3.13. The number of benzene rings is 1. The number of nitrogens with one attached hydrogen (secondary N) is 2. The van der Waals surface area contributed by atoms with Gasteiger partial charge < -0.3 is 19.5 Å². The van der Waals surface area contributed by atoms with E-state index in [2.05, 4.69) is 15.2 Å². The molecule has 0 atom stereocenters. The van der Waals surface area contributed by atoms with Crippen LogP contribution in [-0.4, -0.2) is 69.6 Å². The third-order valence-corrected chi connectivity index (χ3v) is 6.90. The van der Waals surface area contributed by atoms with Gasteiger partial charge in [-0.3, -0.25) is 14.7 Å². The fourth-order valence-electron chi connectivity index (χ4n) is 4.81. The Bertz CT molecular complexity index is 1110. The second kappa shape index (κ2) is 7.53. The molecule has 1 aliphatic heterocycles. The predicted octanol–water partition coefficient (Wildman–Crippen LogP) is 2.73. The lowest BCUT2D eigenvalue weighted by Gasteiger charge is -2.48. The maximum absolute atomic E-state index is 13.3. The van der Waals surface area contributed by atoms with Crippen LogP contribution in [0.4, 0.5) is 0 Å². The third kappa shape index (κ3) is 3.22. The monoisotopic (exact) mass is 421 g/mol. The topological polar surface area (TPSA) is 94.3 Å². The first-order valence-electron chi connectivity index (χ1n) is 10.7. The number of likely N-dealkylation sites (N-methyl/N-ethyl adjacent to an activating group) is 1. The van der Waals surface area contributed by atoms with Crippen LogP contribution in [0.5, 0.6) is 0 Å². The molecule has 2 aliphatic rings. The van der Waals surface area contributed by atoms with Crippen LogP contribution < -0.4 is 0 Å². The highest BCUT2D eigenvalue weighted by atomic mass is 16.5. The molecule has 3 heterocycles. The maximum Gasteiger partial charge on any atom is 0.274 e. The first-order valence-corrected chi connectivity index (χ1v) is 10.7. The average Bonchev–Trinajstić information content (AvgIpc) is 3.38. The van der Waals surface area contributed by atoms with E-state index in [9.17, 15) is 9.59 Å². The van der Waals surface area contributed by atoms with Gasteiger partial charge in [-0.1, -0.05) is 18.2 Å². The standard InChI is InChI=1S/C23H27N5O3/c1-27(23(14-31-2)9-5-10-23)22(30)20-16-13-28(11-8-18(16)25-26-20)21(29)19-12-15-6-3-4-7-17(15)24-19/h3-4,6-7,12,24H,5,8-11,13-14H2,1-2H3,(H,25,26). The lowest BCUT2D eigenvalue weighted by molar-refractivity contribution is -0.0189. The molecule has 8 nitrogen and oxygen atoms in total. The van der Waals surface area contributed by atoms with Gasteiger partial charge in [-0.25, -0.2) is 0 Å². The highest BCUT2D eigenvalue weighted by Gasteiger charge is 2.44. The summed E-state index contributed by atoms with van der Waals surface area (Å²) in [6.45, 7) is 1.47. The summed E-state index contributed by atoms with van der Waals surface area (Å²) in [6, 6.07) is 9.72. The summed E-state index contributed by atoms with van der Waals surface area (Å²) in [5, 5.41) is 8.38. The number of aromatic nitrogens is 3. The number of rotatable bonds is 5. The van der Waals surface area contributed by atoms with Crippen molar-refractivity contribution in [3.05, 3.63) is 53.0 Å². The number of aromatic amines is 2. The molecule has 0 bridgehead atoms. The lowest BCUT2D eigenvalue weighted by atomic mass is 9.76. The molecule has 31 heavy (non-hydrogen) atoms. The predicted molar refractivity (Wildman–Crippen MR) is 116 cm³/mol. The van der Waals surface area contributed by atoms with Gasteiger partial charge in [0, 0.05) is 49.3 Å². The van der Waals surface area contributed by atoms with Gasteiger partial charge in [-0.2, -0.15) is 5.10 Å². The van der Waals surface area contributed by atoms with Crippen LogP contribution in [0.1, 0.15) is 51.5 Å². The zero-order valence-electron chi connectivity index (χ0n) is 17.9. The van der Waals surface area contributed by atoms with E-state index in [0.717, 1.165) is 41.4 Å². The fraction of sp³-hybridized carbons (Fsp3) is 0.435. The van der Waals surface area contributed by atoms with Crippen LogP contribution in [-0.2, 0) is 17.7 Å². The number of fused-ring (bicyclic) bond motifs is 2. The average molecular weight is 422 g/mol. The number of ether oxygens (including phenoxy) is 1. The number of hydrogen-bond acceptors (Lipinski definition) is 4. The molecule has 2 amide bonds. The lowest BCUT2D eigenvalue weighted by Crippen LogP contribution is -2.57. The van der Waals surface area contributed by atoms with Crippen molar-refractivity contribution in [2.24, 2.45) is 0 Å². The smallest absolute Gasteiger partial charge is 0.274 e. The van der Waals surface area contributed by atoms with E-state index in [1.807, 2.05) is 37.4 Å². The number of H-pyrrole nitrogens is 2. The molecule has 2 aromatic heterocycles. The summed E-state index contributed by atoms with van der Waals surface area (Å²) in [7, 11) is 3.50. The number of para-hydroxylation sites is 1. The van der Waals surface area contributed by atoms with Crippen LogP contribution in [0.2, 0.25) is 0 Å². The third-order valence-electron chi connectivity index (χ3n) is 6.90. The summed E-state index contributed by atoms with van der Waals surface area (Å²) in [5.41, 5.74) is 3.41. The second-order valence-electron chi connectivity index (χ2n) is 8.65. The van der Waals surface area contributed by atoms with E-state index < -0.39 is 0 Å². The Balaban J connectivity index is 1.38.